The van der Waals surface area contributed by atoms with Crippen LogP contribution in [0.15, 0.2) is 36.8 Å². The van der Waals surface area contributed by atoms with Gasteiger partial charge >= 0.3 is 0 Å². The highest BCUT2D eigenvalue weighted by Crippen LogP contribution is 2.32. The molecule has 3 aromatic rings. The van der Waals surface area contributed by atoms with E-state index in [-0.39, 0.29) is 24.2 Å². The lowest BCUT2D eigenvalue weighted by molar-refractivity contribution is -0.126. The van der Waals surface area contributed by atoms with Crippen molar-refractivity contribution in [2.24, 2.45) is 5.92 Å². The van der Waals surface area contributed by atoms with Crippen molar-refractivity contribution in [3.8, 4) is 0 Å². The largest absolute Gasteiger partial charge is 0.350 e. The van der Waals surface area contributed by atoms with Gasteiger partial charge < -0.3 is 9.88 Å². The molecule has 1 atom stereocenters. The lowest BCUT2D eigenvalue weighted by Gasteiger charge is -2.13. The van der Waals surface area contributed by atoms with Crippen LogP contribution in [-0.4, -0.2) is 32.9 Å². The van der Waals surface area contributed by atoms with Crippen molar-refractivity contribution in [2.45, 2.75) is 26.4 Å². The van der Waals surface area contributed by atoms with Gasteiger partial charge in [-0.15, -0.1) is 0 Å². The molecule has 1 unspecified atom stereocenters. The first-order valence-electron chi connectivity index (χ1n) is 8.58. The number of rotatable bonds is 5. The molecule has 7 nitrogen and oxygen atoms in total. The van der Waals surface area contributed by atoms with Gasteiger partial charge in [0.25, 0.3) is 0 Å². The maximum atomic E-state index is 12.5. The molecule has 3 heterocycles. The van der Waals surface area contributed by atoms with Gasteiger partial charge in [0.1, 0.15) is 0 Å². The van der Waals surface area contributed by atoms with Crippen LogP contribution >= 0.6 is 11.3 Å². The molecule has 2 aromatic heterocycles. The maximum absolute atomic E-state index is 12.5. The molecule has 1 fully saturated rings. The fraction of sp³-hybridized carbons (Fsp3) is 0.333. The van der Waals surface area contributed by atoms with E-state index >= 15 is 0 Å². The summed E-state index contributed by atoms with van der Waals surface area (Å²) in [7, 11) is 0. The fourth-order valence-electron chi connectivity index (χ4n) is 3.15. The normalized spacial score (nSPS) is 17.2. The number of hydrogen-bond acceptors (Lipinski definition) is 5. The van der Waals surface area contributed by atoms with Crippen molar-refractivity contribution < 1.29 is 9.59 Å². The topological polar surface area (TPSA) is 80.1 Å². The van der Waals surface area contributed by atoms with Gasteiger partial charge in [-0.05, 0) is 19.1 Å². The van der Waals surface area contributed by atoms with Crippen LogP contribution in [0.4, 0.5) is 5.13 Å². The van der Waals surface area contributed by atoms with Crippen LogP contribution in [-0.2, 0) is 22.7 Å². The van der Waals surface area contributed by atoms with Gasteiger partial charge in [-0.2, -0.15) is 0 Å². The van der Waals surface area contributed by atoms with E-state index in [9.17, 15) is 9.59 Å². The first-order valence-corrected chi connectivity index (χ1v) is 9.40. The van der Waals surface area contributed by atoms with Crippen molar-refractivity contribution in [3.05, 3.63) is 42.5 Å². The number of nitrogens with one attached hydrogen (secondary N) is 1. The molecule has 2 amide bonds. The Kier molecular flexibility index (Phi) is 4.42. The summed E-state index contributed by atoms with van der Waals surface area (Å²) in [6, 6.07) is 7.79. The van der Waals surface area contributed by atoms with E-state index in [1.165, 1.54) is 11.3 Å². The van der Waals surface area contributed by atoms with Crippen molar-refractivity contribution >= 4 is 38.5 Å². The standard InChI is InChI=1S/C18H19N5O2S/c1-2-22-11-19-8-13(22)9-20-17(25)12-7-16(24)23(10-12)18-21-14-5-3-4-6-15(14)26-18/h3-6,8,11-12H,2,7,9-10H2,1H3,(H,20,25). The Bertz CT molecular complexity index is 930. The van der Waals surface area contributed by atoms with Gasteiger partial charge in [-0.1, -0.05) is 23.5 Å². The second-order valence-corrected chi connectivity index (χ2v) is 7.27. The van der Waals surface area contributed by atoms with E-state index in [1.807, 2.05) is 35.8 Å². The summed E-state index contributed by atoms with van der Waals surface area (Å²) in [5.41, 5.74) is 1.83. The molecular formula is C18H19N5O2S. The molecule has 0 radical (unpaired) electrons. The van der Waals surface area contributed by atoms with E-state index in [0.29, 0.717) is 18.2 Å². The van der Waals surface area contributed by atoms with Crippen LogP contribution in [0.1, 0.15) is 19.0 Å². The summed E-state index contributed by atoms with van der Waals surface area (Å²) in [4.78, 5) is 35.2. The number of thiazole rings is 1. The molecule has 4 rings (SSSR count). The van der Waals surface area contributed by atoms with Gasteiger partial charge in [0.05, 0.1) is 34.7 Å². The average molecular weight is 369 g/mol. The first-order chi connectivity index (χ1) is 12.7. The van der Waals surface area contributed by atoms with Crippen molar-refractivity contribution in [3.63, 3.8) is 0 Å². The summed E-state index contributed by atoms with van der Waals surface area (Å²) < 4.78 is 3.02. The summed E-state index contributed by atoms with van der Waals surface area (Å²) in [6.45, 7) is 3.62. The molecule has 134 valence electrons. The second-order valence-electron chi connectivity index (χ2n) is 6.26. The summed E-state index contributed by atoms with van der Waals surface area (Å²) in [5, 5.41) is 3.59. The third-order valence-corrected chi connectivity index (χ3v) is 5.65. The molecule has 0 aliphatic carbocycles. The Morgan fingerprint density at radius 2 is 2.23 bits per heavy atom. The van der Waals surface area contributed by atoms with Gasteiger partial charge in [-0.25, -0.2) is 9.97 Å². The first kappa shape index (κ1) is 16.7. The predicted octanol–water partition coefficient (Wildman–Crippen LogP) is 2.18. The maximum Gasteiger partial charge on any atom is 0.229 e. The van der Waals surface area contributed by atoms with E-state index < -0.39 is 0 Å². The SMILES string of the molecule is CCn1cncc1CNC(=O)C1CC(=O)N(c2nc3ccccc3s2)C1. The van der Waals surface area contributed by atoms with E-state index in [0.717, 1.165) is 22.5 Å². The summed E-state index contributed by atoms with van der Waals surface area (Å²) in [5.74, 6) is -0.513. The zero-order valence-electron chi connectivity index (χ0n) is 14.4. The van der Waals surface area contributed by atoms with E-state index in [1.54, 1.807) is 17.4 Å². The molecule has 1 aliphatic rings. The van der Waals surface area contributed by atoms with Crippen LogP contribution in [0.25, 0.3) is 10.2 Å². The molecule has 0 bridgehead atoms. The zero-order valence-corrected chi connectivity index (χ0v) is 15.2. The zero-order chi connectivity index (χ0) is 18.1. The molecule has 1 saturated heterocycles. The van der Waals surface area contributed by atoms with Gasteiger partial charge in [0.15, 0.2) is 5.13 Å². The quantitative estimate of drug-likeness (QED) is 0.748. The highest BCUT2D eigenvalue weighted by atomic mass is 32.1. The number of carbonyl (C=O) groups is 2. The number of imidazole rings is 1. The Labute approximate surface area is 154 Å². The van der Waals surface area contributed by atoms with Crippen LogP contribution in [0.2, 0.25) is 0 Å². The van der Waals surface area contributed by atoms with Crippen LogP contribution in [0, 0.1) is 5.92 Å². The number of anilines is 1. The summed E-state index contributed by atoms with van der Waals surface area (Å²) in [6.07, 6.45) is 3.71. The van der Waals surface area contributed by atoms with E-state index in [2.05, 4.69) is 15.3 Å². The van der Waals surface area contributed by atoms with E-state index in [4.69, 9.17) is 0 Å². The number of nitrogens with zero attached hydrogens (tertiary/aromatic N) is 4. The van der Waals surface area contributed by atoms with Crippen LogP contribution < -0.4 is 10.2 Å². The van der Waals surface area contributed by atoms with Crippen LogP contribution in [0.5, 0.6) is 0 Å². The molecule has 1 aliphatic heterocycles. The molecule has 8 heteroatoms. The lowest BCUT2D eigenvalue weighted by atomic mass is 10.1. The number of fused-ring (bicyclic) bond motifs is 1. The monoisotopic (exact) mass is 369 g/mol. The van der Waals surface area contributed by atoms with Gasteiger partial charge in [-0.3, -0.25) is 14.5 Å². The number of benzene rings is 1. The number of amides is 2. The predicted molar refractivity (Wildman–Crippen MR) is 99.8 cm³/mol. The number of aromatic nitrogens is 3. The smallest absolute Gasteiger partial charge is 0.229 e. The molecular weight excluding hydrogens is 350 g/mol. The molecule has 0 spiro atoms. The second kappa shape index (κ2) is 6.87. The lowest BCUT2D eigenvalue weighted by Crippen LogP contribution is -2.33. The molecule has 1 N–H and O–H groups in total. The minimum absolute atomic E-state index is 0.0530. The third kappa shape index (κ3) is 3.08. The van der Waals surface area contributed by atoms with Crippen LogP contribution in [0.3, 0.4) is 0 Å². The Morgan fingerprint density at radius 3 is 3.04 bits per heavy atom. The fourth-order valence-corrected chi connectivity index (χ4v) is 4.14. The Hall–Kier alpha value is -2.74. The Morgan fingerprint density at radius 1 is 1.38 bits per heavy atom. The molecule has 26 heavy (non-hydrogen) atoms. The molecule has 1 aromatic carbocycles. The molecule has 0 saturated carbocycles. The van der Waals surface area contributed by atoms with Gasteiger partial charge in [0.2, 0.25) is 11.8 Å². The van der Waals surface area contributed by atoms with Crippen molar-refractivity contribution in [1.82, 2.24) is 19.9 Å². The number of carbonyl (C=O) groups excluding carboxylic acids is 2. The van der Waals surface area contributed by atoms with Crippen molar-refractivity contribution in [1.29, 1.82) is 0 Å². The Balaban J connectivity index is 1.43. The minimum atomic E-state index is -0.354. The average Bonchev–Trinajstić information content (AvgIpc) is 3.36. The highest BCUT2D eigenvalue weighted by Gasteiger charge is 2.36. The number of aryl methyl sites for hydroxylation is 1. The number of hydrogen-bond donors (Lipinski definition) is 1. The van der Waals surface area contributed by atoms with Crippen molar-refractivity contribution in [2.75, 3.05) is 11.4 Å². The highest BCUT2D eigenvalue weighted by molar-refractivity contribution is 7.22. The third-order valence-electron chi connectivity index (χ3n) is 4.59. The minimum Gasteiger partial charge on any atom is -0.350 e. The van der Waals surface area contributed by atoms with Gasteiger partial charge in [0, 0.05) is 25.7 Å². The number of para-hydroxylation sites is 1. The summed E-state index contributed by atoms with van der Waals surface area (Å²) >= 11 is 1.48.